The number of amides is 2. The summed E-state index contributed by atoms with van der Waals surface area (Å²) >= 11 is 12.4. The van der Waals surface area contributed by atoms with E-state index in [1.165, 1.54) is 6.20 Å². The highest BCUT2D eigenvalue weighted by atomic mass is 35.5. The second-order valence-corrected chi connectivity index (χ2v) is 11.0. The number of nitrogens with one attached hydrogen (secondary N) is 1. The monoisotopic (exact) mass is 593 g/mol. The molecule has 0 fully saturated rings. The van der Waals surface area contributed by atoms with Gasteiger partial charge >= 0.3 is 0 Å². The molecule has 0 saturated carbocycles. The molecule has 2 atom stereocenters. The van der Waals surface area contributed by atoms with E-state index < -0.39 is 13.0 Å². The van der Waals surface area contributed by atoms with E-state index in [1.807, 2.05) is 6.92 Å². The number of pyridine rings is 1. The maximum atomic E-state index is 13.8. The first kappa shape index (κ1) is 23.7. The zero-order valence-electron chi connectivity index (χ0n) is 25.1. The molecule has 1 N–H and O–H groups in total. The Balaban J connectivity index is 1.39. The largest absolute Gasteiger partial charge is 0.330 e. The number of fused-ring (bicyclic) bond motifs is 4. The third-order valence-corrected chi connectivity index (χ3v) is 7.99. The molecule has 3 aromatic heterocycles. The van der Waals surface area contributed by atoms with Crippen LogP contribution in [0.3, 0.4) is 0 Å². The third-order valence-electron chi connectivity index (χ3n) is 7.58. The van der Waals surface area contributed by atoms with Crippen LogP contribution in [-0.2, 0) is 16.6 Å². The van der Waals surface area contributed by atoms with Crippen molar-refractivity contribution in [3.05, 3.63) is 76.4 Å². The van der Waals surface area contributed by atoms with Gasteiger partial charge in [-0.2, -0.15) is 5.10 Å². The Morgan fingerprint density at radius 3 is 2.80 bits per heavy atom. The van der Waals surface area contributed by atoms with Crippen molar-refractivity contribution in [3.63, 3.8) is 0 Å². The van der Waals surface area contributed by atoms with Crippen LogP contribution in [0.1, 0.15) is 54.0 Å². The summed E-state index contributed by atoms with van der Waals surface area (Å²) in [6.45, 7) is -0.349. The van der Waals surface area contributed by atoms with Gasteiger partial charge in [0.25, 0.3) is 0 Å². The van der Waals surface area contributed by atoms with Crippen molar-refractivity contribution in [2.75, 3.05) is 11.9 Å². The number of carbonyl (C=O) groups excluding carboxylic acids is 2. The minimum atomic E-state index is -2.58. The molecule has 41 heavy (non-hydrogen) atoms. The predicted octanol–water partition coefficient (Wildman–Crippen LogP) is 5.49. The molecule has 6 rings (SSSR count). The summed E-state index contributed by atoms with van der Waals surface area (Å²) < 4.78 is 26.5. The molecule has 5 heterocycles. The summed E-state index contributed by atoms with van der Waals surface area (Å²) in [7, 11) is 0. The molecule has 10 nitrogen and oxygen atoms in total. The van der Waals surface area contributed by atoms with Gasteiger partial charge < -0.3 is 10.2 Å². The average Bonchev–Trinajstić information content (AvgIpc) is 3.61. The Labute approximate surface area is 251 Å². The summed E-state index contributed by atoms with van der Waals surface area (Å²) in [4.78, 5) is 33.3. The average molecular weight is 595 g/mol. The molecular formula is C29H28Cl2N8O2. The number of carbonyl (C=O) groups is 2. The van der Waals surface area contributed by atoms with E-state index in [-0.39, 0.29) is 28.6 Å². The molecule has 2 bridgehead atoms. The number of hydrogen-bond donors (Lipinski definition) is 1. The number of hydrogen-bond acceptors (Lipinski definition) is 6. The van der Waals surface area contributed by atoms with Gasteiger partial charge in [0.2, 0.25) is 11.8 Å². The van der Waals surface area contributed by atoms with Crippen LogP contribution in [0.5, 0.6) is 0 Å². The topological polar surface area (TPSA) is 111 Å². The highest BCUT2D eigenvalue weighted by Crippen LogP contribution is 2.37. The van der Waals surface area contributed by atoms with Gasteiger partial charge in [0.1, 0.15) is 0 Å². The Morgan fingerprint density at radius 1 is 1.15 bits per heavy atom. The standard InChI is InChI=1S/C29H28Cl2N8O2/c1-17-4-3-5-25(22-12-19(8-10-32-22)28-23(34-29(17)41)15-33-37(28)2)38-11-9-18(13-27(38)40)21-14-20(30)6-7-24(21)39-16-26(31)35-36-39/h6-8,10,12-17,25H,3-5,9,11H2,1-2H3,(H,34,41)/t17-,25+/m1/s1/i2D3. The van der Waals surface area contributed by atoms with E-state index in [0.29, 0.717) is 59.9 Å². The van der Waals surface area contributed by atoms with Gasteiger partial charge in [-0.3, -0.25) is 19.3 Å². The first-order valence-electron chi connectivity index (χ1n) is 14.7. The van der Waals surface area contributed by atoms with Crippen molar-refractivity contribution < 1.29 is 13.7 Å². The maximum absolute atomic E-state index is 13.8. The van der Waals surface area contributed by atoms with Gasteiger partial charge in [-0.25, -0.2) is 4.68 Å². The SMILES string of the molecule is [2H]C([2H])([2H])n1ncc2c1-c1ccnc(c1)[C@@H](N1CCC(c3cc(Cl)ccc3-n3cc(Cl)nn3)=CC1=O)CCC[C@@H](C)C(=O)N2. The molecule has 4 aromatic rings. The van der Waals surface area contributed by atoms with Crippen LogP contribution < -0.4 is 5.32 Å². The number of anilines is 1. The van der Waals surface area contributed by atoms with Crippen LogP contribution in [-0.4, -0.2) is 53.0 Å². The number of aryl methyl sites for hydroxylation is 1. The van der Waals surface area contributed by atoms with Crippen molar-refractivity contribution in [1.29, 1.82) is 0 Å². The summed E-state index contributed by atoms with van der Waals surface area (Å²) in [5.74, 6) is -0.770. The predicted molar refractivity (Wildman–Crippen MR) is 157 cm³/mol. The van der Waals surface area contributed by atoms with Crippen molar-refractivity contribution in [2.24, 2.45) is 12.9 Å². The zero-order valence-corrected chi connectivity index (χ0v) is 23.6. The number of aromatic nitrogens is 6. The van der Waals surface area contributed by atoms with Crippen molar-refractivity contribution in [1.82, 2.24) is 34.7 Å². The Hall–Kier alpha value is -4.02. The van der Waals surface area contributed by atoms with Gasteiger partial charge in [-0.1, -0.05) is 41.8 Å². The van der Waals surface area contributed by atoms with Crippen LogP contribution in [0, 0.1) is 5.92 Å². The molecule has 0 spiro atoms. The Morgan fingerprint density at radius 2 is 2.02 bits per heavy atom. The number of halogens is 2. The lowest BCUT2D eigenvalue weighted by atomic mass is 9.93. The summed E-state index contributed by atoms with van der Waals surface area (Å²) in [6, 6.07) is 8.38. The van der Waals surface area contributed by atoms with Gasteiger partial charge in [-0.05, 0) is 55.2 Å². The van der Waals surface area contributed by atoms with Gasteiger partial charge in [0.05, 0.1) is 41.2 Å². The highest BCUT2D eigenvalue weighted by Gasteiger charge is 2.31. The highest BCUT2D eigenvalue weighted by molar-refractivity contribution is 6.31. The Kier molecular flexibility index (Phi) is 6.41. The van der Waals surface area contributed by atoms with E-state index in [9.17, 15) is 9.59 Å². The fourth-order valence-corrected chi connectivity index (χ4v) is 5.77. The molecule has 2 amide bonds. The van der Waals surface area contributed by atoms with Crippen LogP contribution in [0.25, 0.3) is 22.5 Å². The van der Waals surface area contributed by atoms with Crippen LogP contribution in [0.15, 0.2) is 55.0 Å². The molecule has 0 saturated heterocycles. The second-order valence-electron chi connectivity index (χ2n) is 10.2. The molecule has 0 radical (unpaired) electrons. The lowest BCUT2D eigenvalue weighted by Gasteiger charge is -2.34. The summed E-state index contributed by atoms with van der Waals surface area (Å²) in [5, 5.41) is 15.6. The normalized spacial score (nSPS) is 21.0. The molecule has 2 aliphatic heterocycles. The third kappa shape index (κ3) is 5.37. The lowest BCUT2D eigenvalue weighted by Crippen LogP contribution is -2.38. The van der Waals surface area contributed by atoms with E-state index in [2.05, 4.69) is 25.7 Å². The van der Waals surface area contributed by atoms with Crippen LogP contribution in [0.4, 0.5) is 5.69 Å². The van der Waals surface area contributed by atoms with Crippen molar-refractivity contribution in [2.45, 2.75) is 38.6 Å². The quantitative estimate of drug-likeness (QED) is 0.336. The molecule has 210 valence electrons. The van der Waals surface area contributed by atoms with Gasteiger partial charge in [0.15, 0.2) is 5.15 Å². The maximum Gasteiger partial charge on any atom is 0.247 e. The summed E-state index contributed by atoms with van der Waals surface area (Å²) in [5.41, 5.74) is 3.93. The smallest absolute Gasteiger partial charge is 0.247 e. The number of benzene rings is 1. The van der Waals surface area contributed by atoms with Crippen molar-refractivity contribution >= 4 is 46.3 Å². The van der Waals surface area contributed by atoms with Gasteiger partial charge in [-0.15, -0.1) is 5.10 Å². The first-order valence-corrected chi connectivity index (χ1v) is 14.0. The van der Waals surface area contributed by atoms with E-state index in [0.717, 1.165) is 15.8 Å². The van der Waals surface area contributed by atoms with Crippen LogP contribution >= 0.6 is 23.2 Å². The van der Waals surface area contributed by atoms with E-state index in [4.69, 9.17) is 27.3 Å². The molecule has 0 aliphatic carbocycles. The second kappa shape index (κ2) is 11.1. The lowest BCUT2D eigenvalue weighted by molar-refractivity contribution is -0.129. The zero-order chi connectivity index (χ0) is 31.2. The molecular weight excluding hydrogens is 563 g/mol. The van der Waals surface area contributed by atoms with Crippen molar-refractivity contribution in [3.8, 4) is 16.9 Å². The number of rotatable bonds is 3. The van der Waals surface area contributed by atoms with E-state index >= 15 is 0 Å². The van der Waals surface area contributed by atoms with Crippen LogP contribution in [0.2, 0.25) is 10.2 Å². The first-order chi connectivity index (χ1) is 21.0. The fraction of sp³-hybridized carbons (Fsp3) is 0.310. The molecule has 2 aliphatic rings. The summed E-state index contributed by atoms with van der Waals surface area (Å²) in [6.07, 6.45) is 8.47. The fourth-order valence-electron chi connectivity index (χ4n) is 5.47. The minimum Gasteiger partial charge on any atom is -0.330 e. The van der Waals surface area contributed by atoms with Gasteiger partial charge in [0, 0.05) is 52.0 Å². The number of nitrogens with zero attached hydrogens (tertiary/aromatic N) is 7. The molecule has 12 heteroatoms. The Bertz CT molecular complexity index is 1780. The van der Waals surface area contributed by atoms with E-state index in [1.54, 1.807) is 58.4 Å². The molecule has 1 aromatic carbocycles. The minimum absolute atomic E-state index is 0.197. The molecule has 0 unspecified atom stereocenters.